The third kappa shape index (κ3) is 2.19. The summed E-state index contributed by atoms with van der Waals surface area (Å²) in [5.41, 5.74) is 2.07. The summed E-state index contributed by atoms with van der Waals surface area (Å²) < 4.78 is 1.25. The highest BCUT2D eigenvalue weighted by Crippen LogP contribution is 2.25. The molecule has 0 bridgehead atoms. The summed E-state index contributed by atoms with van der Waals surface area (Å²) in [6.07, 6.45) is 1.84. The number of hydrogen-bond acceptors (Lipinski definition) is 4. The molecule has 3 heterocycles. The largest absolute Gasteiger partial charge is 0.364 e. The lowest BCUT2D eigenvalue weighted by atomic mass is 10.3. The summed E-state index contributed by atoms with van der Waals surface area (Å²) in [7, 11) is 0. The molecule has 0 amide bonds. The summed E-state index contributed by atoms with van der Waals surface area (Å²) in [5.74, 6) is 0.928. The van der Waals surface area contributed by atoms with Crippen molar-refractivity contribution in [2.24, 2.45) is 0 Å². The minimum absolute atomic E-state index is 0.698. The van der Waals surface area contributed by atoms with Crippen LogP contribution in [-0.2, 0) is 6.54 Å². The highest BCUT2D eigenvalue weighted by atomic mass is 32.1. The Balaban J connectivity index is 1.83. The van der Waals surface area contributed by atoms with Gasteiger partial charge in [-0.25, -0.2) is 4.98 Å². The van der Waals surface area contributed by atoms with E-state index >= 15 is 0 Å². The van der Waals surface area contributed by atoms with Crippen molar-refractivity contribution < 1.29 is 0 Å². The molecule has 0 fully saturated rings. The number of hydrogen-bond donors (Lipinski definition) is 1. The maximum absolute atomic E-state index is 4.47. The number of thiophene rings is 1. The Kier molecular flexibility index (Phi) is 2.94. The van der Waals surface area contributed by atoms with Crippen LogP contribution in [0.4, 0.5) is 5.82 Å². The van der Waals surface area contributed by atoms with Crippen LogP contribution >= 0.6 is 11.3 Å². The van der Waals surface area contributed by atoms with Crippen molar-refractivity contribution in [1.82, 2.24) is 9.97 Å². The Morgan fingerprint density at radius 1 is 1.22 bits per heavy atom. The van der Waals surface area contributed by atoms with Crippen molar-refractivity contribution in [3.8, 4) is 0 Å². The van der Waals surface area contributed by atoms with Crippen LogP contribution in [0.2, 0.25) is 0 Å². The van der Waals surface area contributed by atoms with Crippen LogP contribution in [0.3, 0.4) is 0 Å². The average Bonchev–Trinajstić information content (AvgIpc) is 2.85. The topological polar surface area (TPSA) is 37.8 Å². The quantitative estimate of drug-likeness (QED) is 0.777. The zero-order chi connectivity index (χ0) is 12.4. The zero-order valence-corrected chi connectivity index (χ0v) is 10.9. The molecule has 18 heavy (non-hydrogen) atoms. The van der Waals surface area contributed by atoms with E-state index in [0.29, 0.717) is 6.54 Å². The molecular formula is C14H13N3S. The number of pyridine rings is 2. The minimum Gasteiger partial charge on any atom is -0.364 e. The molecule has 1 N–H and O–H groups in total. The first-order chi connectivity index (χ1) is 8.83. The van der Waals surface area contributed by atoms with Gasteiger partial charge in [0.05, 0.1) is 12.2 Å². The first kappa shape index (κ1) is 11.2. The summed E-state index contributed by atoms with van der Waals surface area (Å²) in [4.78, 5) is 8.85. The summed E-state index contributed by atoms with van der Waals surface area (Å²) in [6.45, 7) is 2.70. The second-order valence-corrected chi connectivity index (χ2v) is 5.06. The Morgan fingerprint density at radius 2 is 2.17 bits per heavy atom. The van der Waals surface area contributed by atoms with E-state index in [1.54, 1.807) is 11.3 Å². The van der Waals surface area contributed by atoms with Crippen molar-refractivity contribution in [1.29, 1.82) is 0 Å². The maximum atomic E-state index is 4.47. The number of rotatable bonds is 3. The molecular weight excluding hydrogens is 242 g/mol. The van der Waals surface area contributed by atoms with Gasteiger partial charge in [0.2, 0.25) is 0 Å². The number of nitrogens with zero attached hydrogens (tertiary/aromatic N) is 2. The molecule has 0 unspecified atom stereocenters. The summed E-state index contributed by atoms with van der Waals surface area (Å²) in [6, 6.07) is 10.2. The van der Waals surface area contributed by atoms with Gasteiger partial charge in [0, 0.05) is 22.0 Å². The van der Waals surface area contributed by atoms with E-state index in [0.717, 1.165) is 17.2 Å². The molecule has 90 valence electrons. The number of nitrogens with one attached hydrogen (secondary N) is 1. The van der Waals surface area contributed by atoms with E-state index in [1.165, 1.54) is 10.1 Å². The number of fused-ring (bicyclic) bond motifs is 1. The fourth-order valence-corrected chi connectivity index (χ4v) is 2.69. The van der Waals surface area contributed by atoms with Crippen molar-refractivity contribution in [3.05, 3.63) is 53.3 Å². The fourth-order valence-electron chi connectivity index (χ4n) is 1.91. The van der Waals surface area contributed by atoms with Gasteiger partial charge in [-0.15, -0.1) is 11.3 Å². The Hall–Kier alpha value is -1.94. The molecule has 0 atom stereocenters. The second-order valence-electron chi connectivity index (χ2n) is 4.12. The zero-order valence-electron chi connectivity index (χ0n) is 10.1. The molecule has 0 radical (unpaired) electrons. The molecule has 0 aliphatic carbocycles. The Bertz CT molecular complexity index is 675. The fraction of sp³-hybridized carbons (Fsp3) is 0.143. The number of aryl methyl sites for hydroxylation is 1. The van der Waals surface area contributed by atoms with Crippen LogP contribution in [-0.4, -0.2) is 9.97 Å². The van der Waals surface area contributed by atoms with Crippen LogP contribution in [0.1, 0.15) is 11.4 Å². The molecule has 0 aliphatic rings. The van der Waals surface area contributed by atoms with Gasteiger partial charge in [0.25, 0.3) is 0 Å². The number of anilines is 1. The van der Waals surface area contributed by atoms with E-state index in [2.05, 4.69) is 26.7 Å². The van der Waals surface area contributed by atoms with Crippen LogP contribution < -0.4 is 5.32 Å². The standard InChI is InChI=1S/C14H13N3S/c1-10-3-2-4-11(17-10)9-16-14-12-6-8-18-13(12)5-7-15-14/h2-8H,9H2,1H3,(H,15,16). The van der Waals surface area contributed by atoms with E-state index in [4.69, 9.17) is 0 Å². The highest BCUT2D eigenvalue weighted by Gasteiger charge is 2.03. The second kappa shape index (κ2) is 4.74. The minimum atomic E-state index is 0.698. The highest BCUT2D eigenvalue weighted by molar-refractivity contribution is 7.17. The predicted octanol–water partition coefficient (Wildman–Crippen LogP) is 3.61. The van der Waals surface area contributed by atoms with Gasteiger partial charge in [-0.1, -0.05) is 6.07 Å². The third-order valence-corrected chi connectivity index (χ3v) is 3.64. The van der Waals surface area contributed by atoms with Crippen LogP contribution in [0, 0.1) is 6.92 Å². The van der Waals surface area contributed by atoms with Crippen LogP contribution in [0.25, 0.3) is 10.1 Å². The lowest BCUT2D eigenvalue weighted by Gasteiger charge is -2.06. The molecule has 4 heteroatoms. The lowest BCUT2D eigenvalue weighted by Crippen LogP contribution is -2.03. The third-order valence-electron chi connectivity index (χ3n) is 2.76. The smallest absolute Gasteiger partial charge is 0.134 e. The van der Waals surface area contributed by atoms with Gasteiger partial charge < -0.3 is 5.32 Å². The first-order valence-corrected chi connectivity index (χ1v) is 6.69. The van der Waals surface area contributed by atoms with Crippen LogP contribution in [0.5, 0.6) is 0 Å². The molecule has 3 aromatic rings. The molecule has 3 rings (SSSR count). The van der Waals surface area contributed by atoms with Crippen molar-refractivity contribution in [2.75, 3.05) is 5.32 Å². The Morgan fingerprint density at radius 3 is 3.06 bits per heavy atom. The molecule has 0 aliphatic heterocycles. The lowest BCUT2D eigenvalue weighted by molar-refractivity contribution is 1.01. The van der Waals surface area contributed by atoms with E-state index in [-0.39, 0.29) is 0 Å². The van der Waals surface area contributed by atoms with E-state index in [1.807, 2.05) is 37.4 Å². The Labute approximate surface area is 110 Å². The first-order valence-electron chi connectivity index (χ1n) is 5.81. The maximum Gasteiger partial charge on any atom is 0.134 e. The molecule has 0 saturated heterocycles. The average molecular weight is 255 g/mol. The van der Waals surface area contributed by atoms with Crippen molar-refractivity contribution >= 4 is 27.2 Å². The van der Waals surface area contributed by atoms with Gasteiger partial charge in [-0.3, -0.25) is 4.98 Å². The summed E-state index contributed by atoms with van der Waals surface area (Å²) in [5, 5.41) is 6.61. The van der Waals surface area contributed by atoms with E-state index < -0.39 is 0 Å². The summed E-state index contributed by atoms with van der Waals surface area (Å²) >= 11 is 1.73. The van der Waals surface area contributed by atoms with Crippen molar-refractivity contribution in [3.63, 3.8) is 0 Å². The van der Waals surface area contributed by atoms with Gasteiger partial charge in [0.1, 0.15) is 5.82 Å². The molecule has 0 saturated carbocycles. The van der Waals surface area contributed by atoms with Gasteiger partial charge in [-0.05, 0) is 36.6 Å². The van der Waals surface area contributed by atoms with Crippen molar-refractivity contribution in [2.45, 2.75) is 13.5 Å². The predicted molar refractivity (Wildman–Crippen MR) is 75.9 cm³/mol. The van der Waals surface area contributed by atoms with Gasteiger partial charge in [-0.2, -0.15) is 0 Å². The monoisotopic (exact) mass is 255 g/mol. The molecule has 0 spiro atoms. The van der Waals surface area contributed by atoms with E-state index in [9.17, 15) is 0 Å². The normalized spacial score (nSPS) is 10.7. The van der Waals surface area contributed by atoms with Crippen LogP contribution in [0.15, 0.2) is 41.9 Å². The van der Waals surface area contributed by atoms with Gasteiger partial charge in [0.15, 0.2) is 0 Å². The molecule has 3 aromatic heterocycles. The molecule has 0 aromatic carbocycles. The number of aromatic nitrogens is 2. The SMILES string of the molecule is Cc1cccc(CNc2nccc3sccc23)n1. The molecule has 3 nitrogen and oxygen atoms in total. The van der Waals surface area contributed by atoms with Gasteiger partial charge >= 0.3 is 0 Å².